The van der Waals surface area contributed by atoms with Crippen molar-refractivity contribution in [1.29, 1.82) is 0 Å². The Morgan fingerprint density at radius 2 is 1.77 bits per heavy atom. The summed E-state index contributed by atoms with van der Waals surface area (Å²) in [5.41, 5.74) is 2.11. The monoisotopic (exact) mass is 420 g/mol. The van der Waals surface area contributed by atoms with E-state index in [0.717, 1.165) is 5.57 Å². The number of allylic oxidation sites excluding steroid dienone is 2. The highest BCUT2D eigenvalue weighted by Crippen LogP contribution is 2.40. The summed E-state index contributed by atoms with van der Waals surface area (Å²) in [6.45, 7) is 1.97. The highest BCUT2D eigenvalue weighted by atomic mass is 16.5. The number of benzene rings is 2. The first-order chi connectivity index (χ1) is 14.9. The lowest BCUT2D eigenvalue weighted by atomic mass is 9.82. The van der Waals surface area contributed by atoms with Crippen LogP contribution in [0.1, 0.15) is 30.1 Å². The predicted octanol–water partition coefficient (Wildman–Crippen LogP) is 3.80. The van der Waals surface area contributed by atoms with Gasteiger partial charge in [-0.05, 0) is 44.0 Å². The maximum absolute atomic E-state index is 13.1. The Morgan fingerprint density at radius 1 is 1.03 bits per heavy atom. The van der Waals surface area contributed by atoms with Crippen molar-refractivity contribution in [2.24, 2.45) is 11.8 Å². The molecule has 3 amide bonds. The van der Waals surface area contributed by atoms with Crippen LogP contribution < -0.4 is 19.7 Å². The third kappa shape index (κ3) is 3.67. The minimum Gasteiger partial charge on any atom is -0.497 e. The molecule has 1 saturated heterocycles. The summed E-state index contributed by atoms with van der Waals surface area (Å²) < 4.78 is 10.5. The summed E-state index contributed by atoms with van der Waals surface area (Å²) in [6.07, 6.45) is 3.14. The molecular formula is C24H24N2O5. The van der Waals surface area contributed by atoms with Crippen LogP contribution in [0.2, 0.25) is 0 Å². The number of nitrogens with zero attached hydrogens (tertiary/aromatic N) is 1. The normalized spacial score (nSPS) is 20.2. The molecule has 2 aliphatic rings. The van der Waals surface area contributed by atoms with E-state index in [1.54, 1.807) is 49.6 Å². The van der Waals surface area contributed by atoms with Crippen molar-refractivity contribution in [3.05, 3.63) is 59.7 Å². The van der Waals surface area contributed by atoms with Gasteiger partial charge >= 0.3 is 0 Å². The number of fused-ring (bicyclic) bond motifs is 1. The van der Waals surface area contributed by atoms with Crippen molar-refractivity contribution in [3.8, 4) is 11.5 Å². The van der Waals surface area contributed by atoms with Crippen LogP contribution in [0.15, 0.2) is 54.1 Å². The average molecular weight is 420 g/mol. The molecular weight excluding hydrogens is 396 g/mol. The van der Waals surface area contributed by atoms with Gasteiger partial charge in [0.1, 0.15) is 11.5 Å². The van der Waals surface area contributed by atoms with Crippen LogP contribution in [0.5, 0.6) is 11.5 Å². The van der Waals surface area contributed by atoms with Crippen LogP contribution in [-0.2, 0) is 9.59 Å². The van der Waals surface area contributed by atoms with Crippen LogP contribution >= 0.6 is 0 Å². The molecule has 31 heavy (non-hydrogen) atoms. The molecule has 0 radical (unpaired) electrons. The molecule has 1 aliphatic carbocycles. The first-order valence-corrected chi connectivity index (χ1v) is 10.1. The zero-order valence-corrected chi connectivity index (χ0v) is 17.7. The van der Waals surface area contributed by atoms with Gasteiger partial charge in [-0.25, -0.2) is 4.90 Å². The minimum atomic E-state index is -0.441. The maximum Gasteiger partial charge on any atom is 0.257 e. The third-order valence-corrected chi connectivity index (χ3v) is 5.87. The van der Waals surface area contributed by atoms with E-state index in [4.69, 9.17) is 9.47 Å². The van der Waals surface area contributed by atoms with E-state index in [9.17, 15) is 14.4 Å². The van der Waals surface area contributed by atoms with E-state index in [0.29, 0.717) is 35.7 Å². The molecule has 7 heteroatoms. The fraction of sp³-hybridized carbons (Fsp3) is 0.292. The van der Waals surface area contributed by atoms with Gasteiger partial charge in [-0.1, -0.05) is 23.8 Å². The molecule has 2 aromatic carbocycles. The standard InChI is InChI=1S/C24H24N2O5/c1-14-8-10-16-18(12-14)24(29)26(23(16)28)20-7-5-4-6-17(20)22(27)25-19-11-9-15(30-2)13-21(19)31-3/h4-9,11,13,16,18H,10,12H2,1-3H3,(H,25,27)/t16-,18-/m1/s1. The minimum absolute atomic E-state index is 0.241. The average Bonchev–Trinajstić information content (AvgIpc) is 3.03. The molecule has 7 nitrogen and oxygen atoms in total. The zero-order chi connectivity index (χ0) is 22.1. The lowest BCUT2D eigenvalue weighted by Gasteiger charge is -2.19. The Kier molecular flexibility index (Phi) is 5.50. The van der Waals surface area contributed by atoms with Crippen LogP contribution in [0.3, 0.4) is 0 Å². The number of ether oxygens (including phenoxy) is 2. The predicted molar refractivity (Wildman–Crippen MR) is 116 cm³/mol. The number of carbonyl (C=O) groups excluding carboxylic acids is 3. The number of methoxy groups -OCH3 is 2. The Morgan fingerprint density at radius 3 is 2.52 bits per heavy atom. The number of rotatable bonds is 5. The maximum atomic E-state index is 13.1. The second-order valence-electron chi connectivity index (χ2n) is 7.75. The summed E-state index contributed by atoms with van der Waals surface area (Å²) in [4.78, 5) is 40.5. The second-order valence-corrected chi connectivity index (χ2v) is 7.75. The molecule has 160 valence electrons. The Labute approximate surface area is 180 Å². The SMILES string of the molecule is COc1ccc(NC(=O)c2ccccc2N2C(=O)[C@@H]3CC=C(C)C[C@H]3C2=O)c(OC)c1. The van der Waals surface area contributed by atoms with E-state index in [1.807, 2.05) is 13.0 Å². The summed E-state index contributed by atoms with van der Waals surface area (Å²) >= 11 is 0. The summed E-state index contributed by atoms with van der Waals surface area (Å²) in [7, 11) is 3.04. The van der Waals surface area contributed by atoms with Crippen molar-refractivity contribution in [3.63, 3.8) is 0 Å². The first kappa shape index (κ1) is 20.7. The van der Waals surface area contributed by atoms with Crippen molar-refractivity contribution >= 4 is 29.1 Å². The Bertz CT molecular complexity index is 1090. The van der Waals surface area contributed by atoms with Gasteiger partial charge in [0.2, 0.25) is 11.8 Å². The summed E-state index contributed by atoms with van der Waals surface area (Å²) in [5.74, 6) is -0.639. The molecule has 0 bridgehead atoms. The quantitative estimate of drug-likeness (QED) is 0.587. The molecule has 0 saturated carbocycles. The number of hydrogen-bond donors (Lipinski definition) is 1. The first-order valence-electron chi connectivity index (χ1n) is 10.1. The highest BCUT2D eigenvalue weighted by molar-refractivity contribution is 6.25. The summed E-state index contributed by atoms with van der Waals surface area (Å²) in [6, 6.07) is 11.7. The van der Waals surface area contributed by atoms with Gasteiger partial charge in [0, 0.05) is 6.07 Å². The molecule has 1 N–H and O–H groups in total. The number of imide groups is 1. The molecule has 0 aromatic heterocycles. The smallest absolute Gasteiger partial charge is 0.257 e. The van der Waals surface area contributed by atoms with E-state index < -0.39 is 5.91 Å². The van der Waals surface area contributed by atoms with E-state index in [1.165, 1.54) is 12.0 Å². The van der Waals surface area contributed by atoms with Crippen molar-refractivity contribution in [2.75, 3.05) is 24.4 Å². The summed E-state index contributed by atoms with van der Waals surface area (Å²) in [5, 5.41) is 2.81. The van der Waals surface area contributed by atoms with Crippen LogP contribution in [0.4, 0.5) is 11.4 Å². The van der Waals surface area contributed by atoms with Gasteiger partial charge in [-0.3, -0.25) is 14.4 Å². The van der Waals surface area contributed by atoms with E-state index in [-0.39, 0.29) is 29.2 Å². The highest BCUT2D eigenvalue weighted by Gasteiger charge is 2.49. The molecule has 0 spiro atoms. The molecule has 1 heterocycles. The molecule has 1 fully saturated rings. The van der Waals surface area contributed by atoms with Gasteiger partial charge in [-0.15, -0.1) is 0 Å². The topological polar surface area (TPSA) is 84.9 Å². The van der Waals surface area contributed by atoms with Gasteiger partial charge in [0.15, 0.2) is 0 Å². The van der Waals surface area contributed by atoms with Crippen molar-refractivity contribution in [2.45, 2.75) is 19.8 Å². The van der Waals surface area contributed by atoms with E-state index in [2.05, 4.69) is 5.32 Å². The lowest BCUT2D eigenvalue weighted by molar-refractivity contribution is -0.122. The molecule has 2 atom stereocenters. The lowest BCUT2D eigenvalue weighted by Crippen LogP contribution is -2.33. The van der Waals surface area contributed by atoms with Crippen LogP contribution in [0, 0.1) is 11.8 Å². The molecule has 4 rings (SSSR count). The Balaban J connectivity index is 1.65. The van der Waals surface area contributed by atoms with Gasteiger partial charge in [-0.2, -0.15) is 0 Å². The van der Waals surface area contributed by atoms with Crippen molar-refractivity contribution in [1.82, 2.24) is 0 Å². The van der Waals surface area contributed by atoms with Gasteiger partial charge in [0.05, 0.1) is 43.0 Å². The molecule has 0 unspecified atom stereocenters. The number of para-hydroxylation sites is 1. The number of hydrogen-bond acceptors (Lipinski definition) is 5. The van der Waals surface area contributed by atoms with Gasteiger partial charge in [0.25, 0.3) is 5.91 Å². The fourth-order valence-corrected chi connectivity index (χ4v) is 4.23. The fourth-order valence-electron chi connectivity index (χ4n) is 4.23. The number of anilines is 2. The molecule has 2 aromatic rings. The number of nitrogens with one attached hydrogen (secondary N) is 1. The number of amides is 3. The van der Waals surface area contributed by atoms with Gasteiger partial charge < -0.3 is 14.8 Å². The third-order valence-electron chi connectivity index (χ3n) is 5.87. The second kappa shape index (κ2) is 8.26. The van der Waals surface area contributed by atoms with Crippen molar-refractivity contribution < 1.29 is 23.9 Å². The Hall–Kier alpha value is -3.61. The molecule has 1 aliphatic heterocycles. The van der Waals surface area contributed by atoms with Crippen LogP contribution in [-0.4, -0.2) is 31.9 Å². The number of carbonyl (C=O) groups is 3. The van der Waals surface area contributed by atoms with Crippen LogP contribution in [0.25, 0.3) is 0 Å². The van der Waals surface area contributed by atoms with E-state index >= 15 is 0 Å². The largest absolute Gasteiger partial charge is 0.497 e. The zero-order valence-electron chi connectivity index (χ0n) is 17.7.